The molecule has 0 nitrogen and oxygen atoms in total. The third kappa shape index (κ3) is 8.24. The van der Waals surface area contributed by atoms with E-state index in [9.17, 15) is 4.39 Å². The average Bonchev–Trinajstić information content (AvgIpc) is 2.43. The Labute approximate surface area is 133 Å². The molecule has 0 atom stereocenters. The van der Waals surface area contributed by atoms with Crippen molar-refractivity contribution in [3.8, 4) is 0 Å². The first-order valence-electron chi connectivity index (χ1n) is 8.71. The van der Waals surface area contributed by atoms with E-state index in [0.29, 0.717) is 11.8 Å². The van der Waals surface area contributed by atoms with Crippen LogP contribution in [0.5, 0.6) is 0 Å². The van der Waals surface area contributed by atoms with Crippen LogP contribution in [0.1, 0.15) is 104 Å². The van der Waals surface area contributed by atoms with Gasteiger partial charge in [-0.2, -0.15) is 0 Å². The lowest BCUT2D eigenvalue weighted by Crippen LogP contribution is -2.04. The van der Waals surface area contributed by atoms with Gasteiger partial charge in [-0.3, -0.25) is 0 Å². The maximum atomic E-state index is 13.6. The van der Waals surface area contributed by atoms with E-state index >= 15 is 0 Å². The summed E-state index contributed by atoms with van der Waals surface area (Å²) in [5.41, 5.74) is 3.74. The highest BCUT2D eigenvalue weighted by atomic mass is 19.1. The molecule has 1 heteroatoms. The minimum absolute atomic E-state index is 0.0905. The summed E-state index contributed by atoms with van der Waals surface area (Å²) in [5, 5.41) is 0. The summed E-state index contributed by atoms with van der Waals surface area (Å²) in [4.78, 5) is 0. The normalized spacial score (nSPS) is 9.90. The fraction of sp³-hybridized carbons (Fsp3) is 0.700. The Hall–Kier alpha value is -0.850. The van der Waals surface area contributed by atoms with Gasteiger partial charge in [-0.15, -0.1) is 0 Å². The monoisotopic (exact) mass is 296 g/mol. The van der Waals surface area contributed by atoms with Gasteiger partial charge in [0.15, 0.2) is 0 Å². The molecular weight excluding hydrogens is 259 g/mol. The maximum absolute atomic E-state index is 13.6. The molecule has 0 N–H and O–H groups in total. The third-order valence-corrected chi connectivity index (χ3v) is 3.03. The van der Waals surface area contributed by atoms with Gasteiger partial charge in [0.25, 0.3) is 0 Å². The number of rotatable bonds is 4. The smallest absolute Gasteiger partial charge is 0.123 e. The van der Waals surface area contributed by atoms with Gasteiger partial charge in [-0.1, -0.05) is 75.2 Å². The lowest BCUT2D eigenvalue weighted by atomic mass is 9.86. The largest absolute Gasteiger partial charge is 0.207 e. The predicted molar refractivity (Wildman–Crippen MR) is 95.9 cm³/mol. The van der Waals surface area contributed by atoms with Crippen LogP contribution < -0.4 is 0 Å². The summed E-state index contributed by atoms with van der Waals surface area (Å²) in [7, 11) is 0. The summed E-state index contributed by atoms with van der Waals surface area (Å²) in [6.45, 7) is 19.0. The number of benzene rings is 1. The van der Waals surface area contributed by atoms with Crippen molar-refractivity contribution in [3.63, 3.8) is 0 Å². The Morgan fingerprint density at radius 3 is 1.43 bits per heavy atom. The van der Waals surface area contributed by atoms with Crippen LogP contribution in [-0.4, -0.2) is 0 Å². The minimum Gasteiger partial charge on any atom is -0.207 e. The van der Waals surface area contributed by atoms with Crippen molar-refractivity contribution in [2.24, 2.45) is 0 Å². The van der Waals surface area contributed by atoms with E-state index < -0.39 is 0 Å². The molecule has 0 saturated carbocycles. The first kappa shape index (κ1) is 22.4. The van der Waals surface area contributed by atoms with Crippen LogP contribution in [0.2, 0.25) is 0 Å². The zero-order valence-corrected chi connectivity index (χ0v) is 15.8. The van der Waals surface area contributed by atoms with Crippen LogP contribution in [0.15, 0.2) is 12.1 Å². The maximum Gasteiger partial charge on any atom is 0.123 e. The highest BCUT2D eigenvalue weighted by molar-refractivity contribution is 5.39. The molecule has 0 unspecified atom stereocenters. The summed E-state index contributed by atoms with van der Waals surface area (Å²) in [6.07, 6.45) is 3.42. The lowest BCUT2D eigenvalue weighted by Gasteiger charge is -2.19. The summed E-state index contributed by atoms with van der Waals surface area (Å²) >= 11 is 0. The molecule has 1 aromatic carbocycles. The van der Waals surface area contributed by atoms with Crippen LogP contribution in [0.3, 0.4) is 0 Å². The van der Waals surface area contributed by atoms with Crippen molar-refractivity contribution in [2.75, 3.05) is 0 Å². The van der Waals surface area contributed by atoms with Gasteiger partial charge in [0.2, 0.25) is 0 Å². The van der Waals surface area contributed by atoms with Crippen molar-refractivity contribution >= 4 is 0 Å². The van der Waals surface area contributed by atoms with Crippen molar-refractivity contribution in [3.05, 3.63) is 34.6 Å². The standard InChI is InChI=1S/C15H23F.C3H8.C2H6/c1-6-7-13-14(10(2)3)8-12(16)9-15(13)11(4)5;1-3-2;1-2/h8-11H,6-7H2,1-5H3;3H2,1-2H3;1-2H3. The van der Waals surface area contributed by atoms with Gasteiger partial charge >= 0.3 is 0 Å². The molecule has 0 fully saturated rings. The van der Waals surface area contributed by atoms with Gasteiger partial charge < -0.3 is 0 Å². The summed E-state index contributed by atoms with van der Waals surface area (Å²) in [6, 6.07) is 3.42. The molecule has 1 rings (SSSR count). The second kappa shape index (κ2) is 12.9. The van der Waals surface area contributed by atoms with Crippen molar-refractivity contribution in [1.29, 1.82) is 0 Å². The van der Waals surface area contributed by atoms with E-state index in [1.807, 2.05) is 13.8 Å². The molecule has 0 bridgehead atoms. The van der Waals surface area contributed by atoms with E-state index in [1.54, 1.807) is 12.1 Å². The molecule has 0 radical (unpaired) electrons. The summed E-state index contributed by atoms with van der Waals surface area (Å²) < 4.78 is 13.6. The van der Waals surface area contributed by atoms with Gasteiger partial charge in [0.05, 0.1) is 0 Å². The molecule has 0 aliphatic heterocycles. The quantitative estimate of drug-likeness (QED) is 0.540. The molecule has 0 heterocycles. The second-order valence-corrected chi connectivity index (χ2v) is 5.83. The van der Waals surface area contributed by atoms with Crippen LogP contribution in [-0.2, 0) is 6.42 Å². The van der Waals surface area contributed by atoms with Crippen molar-refractivity contribution in [2.45, 2.75) is 93.4 Å². The van der Waals surface area contributed by atoms with Gasteiger partial charge in [0, 0.05) is 0 Å². The highest BCUT2D eigenvalue weighted by Gasteiger charge is 2.14. The van der Waals surface area contributed by atoms with E-state index in [4.69, 9.17) is 0 Å². The van der Waals surface area contributed by atoms with Crippen LogP contribution in [0, 0.1) is 5.82 Å². The van der Waals surface area contributed by atoms with E-state index in [-0.39, 0.29) is 5.82 Å². The van der Waals surface area contributed by atoms with Crippen LogP contribution in [0.25, 0.3) is 0 Å². The first-order chi connectivity index (χ1) is 9.88. The zero-order chi connectivity index (χ0) is 17.0. The Morgan fingerprint density at radius 1 is 0.857 bits per heavy atom. The Morgan fingerprint density at radius 2 is 1.19 bits per heavy atom. The molecule has 124 valence electrons. The van der Waals surface area contributed by atoms with E-state index in [2.05, 4.69) is 48.5 Å². The number of hydrogen-bond donors (Lipinski definition) is 0. The first-order valence-corrected chi connectivity index (χ1v) is 8.71. The molecule has 0 aliphatic carbocycles. The SMILES string of the molecule is CC.CCC.CCCc1c(C(C)C)cc(F)cc1C(C)C. The zero-order valence-electron chi connectivity index (χ0n) is 15.8. The molecule has 21 heavy (non-hydrogen) atoms. The molecule has 0 aliphatic rings. The predicted octanol–water partition coefficient (Wildman–Crippen LogP) is 7.47. The van der Waals surface area contributed by atoms with Crippen LogP contribution >= 0.6 is 0 Å². The topological polar surface area (TPSA) is 0 Å². The van der Waals surface area contributed by atoms with Gasteiger partial charge in [-0.05, 0) is 47.1 Å². The van der Waals surface area contributed by atoms with Crippen molar-refractivity contribution in [1.82, 2.24) is 0 Å². The fourth-order valence-electron chi connectivity index (χ4n) is 2.25. The average molecular weight is 297 g/mol. The third-order valence-electron chi connectivity index (χ3n) is 3.03. The Bertz CT molecular complexity index is 335. The lowest BCUT2D eigenvalue weighted by molar-refractivity contribution is 0.614. The van der Waals surface area contributed by atoms with Crippen LogP contribution in [0.4, 0.5) is 4.39 Å². The fourth-order valence-corrected chi connectivity index (χ4v) is 2.25. The Balaban J connectivity index is 0. The molecule has 0 saturated heterocycles. The number of hydrogen-bond acceptors (Lipinski definition) is 0. The van der Waals surface area contributed by atoms with E-state index in [1.165, 1.54) is 23.1 Å². The second-order valence-electron chi connectivity index (χ2n) is 5.83. The van der Waals surface area contributed by atoms with E-state index in [0.717, 1.165) is 12.8 Å². The molecule has 0 amide bonds. The summed E-state index contributed by atoms with van der Waals surface area (Å²) in [5.74, 6) is 0.705. The molecular formula is C20H37F. The molecule has 1 aromatic rings. The van der Waals surface area contributed by atoms with Crippen molar-refractivity contribution < 1.29 is 4.39 Å². The molecule has 0 spiro atoms. The minimum atomic E-state index is -0.0905. The number of halogens is 1. The van der Waals surface area contributed by atoms with Gasteiger partial charge in [0.1, 0.15) is 5.82 Å². The van der Waals surface area contributed by atoms with Gasteiger partial charge in [-0.25, -0.2) is 4.39 Å². The molecule has 0 aromatic heterocycles. The highest BCUT2D eigenvalue weighted by Crippen LogP contribution is 2.29. The Kier molecular flexibility index (Phi) is 13.7.